The van der Waals surface area contributed by atoms with Crippen LogP contribution in [0.2, 0.25) is 5.02 Å². The van der Waals surface area contributed by atoms with Gasteiger partial charge in [0.1, 0.15) is 36.8 Å². The Morgan fingerprint density at radius 1 is 1.15 bits per heavy atom. The predicted octanol–water partition coefficient (Wildman–Crippen LogP) is 2.25. The van der Waals surface area contributed by atoms with Gasteiger partial charge in [-0.1, -0.05) is 11.6 Å². The quantitative estimate of drug-likeness (QED) is 0.869. The van der Waals surface area contributed by atoms with Crippen molar-refractivity contribution in [3.8, 4) is 11.3 Å². The Hall–Kier alpha value is -1.82. The number of halogens is 1. The second-order valence-electron chi connectivity index (χ2n) is 7.11. The minimum Gasteiger partial charge on any atom is -0.459 e. The second-order valence-corrected chi connectivity index (χ2v) is 7.55. The number of amides is 1. The summed E-state index contributed by atoms with van der Waals surface area (Å²) in [7, 11) is 1.82. The Balaban J connectivity index is 1.56. The van der Waals surface area contributed by atoms with Crippen LogP contribution < -0.4 is 4.90 Å². The van der Waals surface area contributed by atoms with Crippen LogP contribution in [0.3, 0.4) is 0 Å². The average Bonchev–Trinajstić information content (AvgIpc) is 3.03. The number of nitrogens with zero attached hydrogens (tertiary/aromatic N) is 1. The summed E-state index contributed by atoms with van der Waals surface area (Å²) in [6.07, 6.45) is 0.387. The van der Waals surface area contributed by atoms with Crippen LogP contribution in [0, 0.1) is 0 Å². The van der Waals surface area contributed by atoms with E-state index < -0.39 is 0 Å². The van der Waals surface area contributed by atoms with Crippen molar-refractivity contribution in [2.75, 3.05) is 26.7 Å². The molecule has 0 bridgehead atoms. The summed E-state index contributed by atoms with van der Waals surface area (Å²) in [5.74, 6) is 1.66. The molecule has 26 heavy (non-hydrogen) atoms. The summed E-state index contributed by atoms with van der Waals surface area (Å²) in [4.78, 5) is 15.5. The van der Waals surface area contributed by atoms with E-state index in [4.69, 9.17) is 20.8 Å². The fraction of sp³-hybridized carbons (Fsp3) is 0.450. The minimum absolute atomic E-state index is 0.116. The fourth-order valence-electron chi connectivity index (χ4n) is 3.44. The Bertz CT molecular complexity index is 734. The molecule has 0 radical (unpaired) electrons. The highest BCUT2D eigenvalue weighted by molar-refractivity contribution is 6.30. The van der Waals surface area contributed by atoms with E-state index in [1.54, 1.807) is 4.90 Å². The normalized spacial score (nSPS) is 23.0. The SMILES string of the molecule is C[C@@H]1C[NH+](CC(=O)N(C)Cc2ccc(-c3ccc(Cl)cc3)o2)C[C@@H](C)O1. The molecule has 0 spiro atoms. The molecule has 2 aromatic rings. The number of quaternary nitrogens is 1. The van der Waals surface area contributed by atoms with E-state index in [9.17, 15) is 4.79 Å². The first-order valence-electron chi connectivity index (χ1n) is 8.98. The Morgan fingerprint density at radius 2 is 1.81 bits per heavy atom. The standard InChI is InChI=1S/C20H25ClN2O3/c1-14-10-23(11-15(2)25-14)13-20(24)22(3)12-18-8-9-19(26-18)16-4-6-17(21)7-5-16/h4-9,14-15H,10-13H2,1-3H3/p+1/t14-,15-/m1/s1. The summed E-state index contributed by atoms with van der Waals surface area (Å²) in [5.41, 5.74) is 0.968. The summed E-state index contributed by atoms with van der Waals surface area (Å²) in [6.45, 7) is 6.80. The van der Waals surface area contributed by atoms with Crippen LogP contribution in [0.25, 0.3) is 11.3 Å². The first-order valence-corrected chi connectivity index (χ1v) is 9.36. The molecule has 1 aromatic carbocycles. The number of hydrogen-bond donors (Lipinski definition) is 1. The van der Waals surface area contributed by atoms with Crippen LogP contribution in [-0.2, 0) is 16.1 Å². The minimum atomic E-state index is 0.116. The molecule has 0 saturated carbocycles. The number of ether oxygens (including phenoxy) is 1. The number of furan rings is 1. The van der Waals surface area contributed by atoms with Gasteiger partial charge >= 0.3 is 0 Å². The van der Waals surface area contributed by atoms with Gasteiger partial charge in [-0.25, -0.2) is 0 Å². The molecule has 1 N–H and O–H groups in total. The molecule has 6 heteroatoms. The predicted molar refractivity (Wildman–Crippen MR) is 101 cm³/mol. The number of morpholine rings is 1. The van der Waals surface area contributed by atoms with E-state index >= 15 is 0 Å². The fourth-order valence-corrected chi connectivity index (χ4v) is 3.56. The highest BCUT2D eigenvalue weighted by Crippen LogP contribution is 2.24. The number of hydrogen-bond acceptors (Lipinski definition) is 3. The zero-order chi connectivity index (χ0) is 18.7. The molecule has 1 fully saturated rings. The molecule has 2 atom stereocenters. The van der Waals surface area contributed by atoms with Gasteiger partial charge in [0.2, 0.25) is 0 Å². The van der Waals surface area contributed by atoms with Crippen LogP contribution in [0.4, 0.5) is 0 Å². The van der Waals surface area contributed by atoms with E-state index in [2.05, 4.69) is 13.8 Å². The average molecular weight is 378 g/mol. The van der Waals surface area contributed by atoms with Crippen molar-refractivity contribution in [3.05, 3.63) is 47.2 Å². The molecule has 1 aromatic heterocycles. The van der Waals surface area contributed by atoms with Crippen molar-refractivity contribution in [1.82, 2.24) is 4.90 Å². The molecule has 5 nitrogen and oxygen atoms in total. The van der Waals surface area contributed by atoms with E-state index in [1.807, 2.05) is 43.4 Å². The van der Waals surface area contributed by atoms with Crippen molar-refractivity contribution in [2.45, 2.75) is 32.6 Å². The van der Waals surface area contributed by atoms with E-state index in [-0.39, 0.29) is 18.1 Å². The third-order valence-corrected chi connectivity index (χ3v) is 4.88. The van der Waals surface area contributed by atoms with E-state index in [0.29, 0.717) is 18.1 Å². The Morgan fingerprint density at radius 3 is 2.46 bits per heavy atom. The molecule has 1 saturated heterocycles. The van der Waals surface area contributed by atoms with Crippen molar-refractivity contribution in [3.63, 3.8) is 0 Å². The van der Waals surface area contributed by atoms with Crippen LogP contribution >= 0.6 is 11.6 Å². The summed E-state index contributed by atoms with van der Waals surface area (Å²) in [6, 6.07) is 11.4. The summed E-state index contributed by atoms with van der Waals surface area (Å²) >= 11 is 5.92. The highest BCUT2D eigenvalue weighted by Gasteiger charge is 2.28. The molecule has 140 valence electrons. The second kappa shape index (κ2) is 8.25. The van der Waals surface area contributed by atoms with Gasteiger partial charge in [-0.05, 0) is 50.2 Å². The number of carbonyl (C=O) groups is 1. The molecular formula is C20H26ClN2O3+. The molecule has 1 aliphatic heterocycles. The number of likely N-dealkylation sites (N-methyl/N-ethyl adjacent to an activating group) is 1. The largest absolute Gasteiger partial charge is 0.459 e. The molecular weight excluding hydrogens is 352 g/mol. The maximum atomic E-state index is 12.6. The smallest absolute Gasteiger partial charge is 0.277 e. The maximum absolute atomic E-state index is 12.6. The topological polar surface area (TPSA) is 47.1 Å². The lowest BCUT2D eigenvalue weighted by atomic mass is 10.2. The molecule has 0 aliphatic carbocycles. The van der Waals surface area contributed by atoms with Crippen molar-refractivity contribution < 1.29 is 18.8 Å². The summed E-state index contributed by atoms with van der Waals surface area (Å²) < 4.78 is 11.6. The molecule has 0 unspecified atom stereocenters. The third-order valence-electron chi connectivity index (χ3n) is 4.63. The number of benzene rings is 1. The Kier molecular flexibility index (Phi) is 6.01. The van der Waals surface area contributed by atoms with Gasteiger partial charge in [-0.3, -0.25) is 4.79 Å². The summed E-state index contributed by atoms with van der Waals surface area (Å²) in [5, 5.41) is 0.695. The van der Waals surface area contributed by atoms with E-state index in [0.717, 1.165) is 30.2 Å². The monoisotopic (exact) mass is 377 g/mol. The van der Waals surface area contributed by atoms with Gasteiger partial charge in [0.25, 0.3) is 5.91 Å². The number of rotatable bonds is 5. The third kappa shape index (κ3) is 4.87. The number of carbonyl (C=O) groups excluding carboxylic acids is 1. The van der Waals surface area contributed by atoms with Crippen LogP contribution in [-0.4, -0.2) is 49.7 Å². The van der Waals surface area contributed by atoms with Crippen molar-refractivity contribution in [2.24, 2.45) is 0 Å². The zero-order valence-corrected chi connectivity index (χ0v) is 16.3. The molecule has 1 amide bonds. The lowest BCUT2D eigenvalue weighted by Crippen LogP contribution is -3.16. The van der Waals surface area contributed by atoms with Crippen LogP contribution in [0.15, 0.2) is 40.8 Å². The van der Waals surface area contributed by atoms with Crippen molar-refractivity contribution in [1.29, 1.82) is 0 Å². The first kappa shape index (κ1) is 19.0. The maximum Gasteiger partial charge on any atom is 0.277 e. The van der Waals surface area contributed by atoms with Gasteiger partial charge in [0, 0.05) is 17.6 Å². The zero-order valence-electron chi connectivity index (χ0n) is 15.5. The molecule has 3 rings (SSSR count). The molecule has 1 aliphatic rings. The van der Waals surface area contributed by atoms with Gasteiger partial charge in [0.15, 0.2) is 6.54 Å². The first-order chi connectivity index (χ1) is 12.4. The molecule has 2 heterocycles. The lowest BCUT2D eigenvalue weighted by molar-refractivity contribution is -0.907. The van der Waals surface area contributed by atoms with Gasteiger partial charge in [0.05, 0.1) is 6.54 Å². The Labute approximate surface area is 159 Å². The van der Waals surface area contributed by atoms with Gasteiger partial charge in [-0.2, -0.15) is 0 Å². The lowest BCUT2D eigenvalue weighted by Gasteiger charge is -2.32. The number of nitrogens with one attached hydrogen (secondary N) is 1. The van der Waals surface area contributed by atoms with Crippen molar-refractivity contribution >= 4 is 17.5 Å². The van der Waals surface area contributed by atoms with Crippen LogP contribution in [0.1, 0.15) is 19.6 Å². The van der Waals surface area contributed by atoms with Gasteiger partial charge in [-0.15, -0.1) is 0 Å². The van der Waals surface area contributed by atoms with E-state index in [1.165, 1.54) is 4.90 Å². The van der Waals surface area contributed by atoms with Crippen LogP contribution in [0.5, 0.6) is 0 Å². The highest BCUT2D eigenvalue weighted by atomic mass is 35.5. The van der Waals surface area contributed by atoms with Gasteiger partial charge < -0.3 is 19.0 Å².